The molecule has 0 aliphatic carbocycles. The van der Waals surface area contributed by atoms with E-state index in [1.54, 1.807) is 18.2 Å². The SMILES string of the molecule is NC(=O)c1cc2ccccc2nc1CC1CN(c2ccc(N3CCNCC3)c(F)c2)C(=O)O1. The molecule has 2 aliphatic rings. The van der Waals surface area contributed by atoms with Crippen molar-refractivity contribution in [2.24, 2.45) is 5.73 Å². The Labute approximate surface area is 190 Å². The average Bonchev–Trinajstić information content (AvgIpc) is 3.18. The highest BCUT2D eigenvalue weighted by Gasteiger charge is 2.34. The molecule has 2 aliphatic heterocycles. The van der Waals surface area contributed by atoms with Crippen molar-refractivity contribution in [1.29, 1.82) is 0 Å². The second kappa shape index (κ2) is 8.67. The van der Waals surface area contributed by atoms with Crippen LogP contribution in [0.25, 0.3) is 10.9 Å². The standard InChI is InChI=1S/C24H24FN5O3/c25-19-12-16(5-6-22(19)29-9-7-27-8-10-29)30-14-17(33-24(30)32)13-21-18(23(26)31)11-15-3-1-2-4-20(15)28-21/h1-6,11-12,17,27H,7-10,13-14H2,(H2,26,31). The van der Waals surface area contributed by atoms with Gasteiger partial charge in [0.25, 0.3) is 5.91 Å². The predicted molar refractivity (Wildman–Crippen MR) is 123 cm³/mol. The zero-order valence-corrected chi connectivity index (χ0v) is 18.0. The number of benzene rings is 2. The molecule has 2 saturated heterocycles. The molecule has 170 valence electrons. The molecule has 1 unspecified atom stereocenters. The highest BCUT2D eigenvalue weighted by atomic mass is 19.1. The van der Waals surface area contributed by atoms with Crippen LogP contribution in [0.4, 0.5) is 20.6 Å². The third-order valence-corrected chi connectivity index (χ3v) is 6.06. The number of amides is 2. The number of nitrogens with two attached hydrogens (primary N) is 1. The van der Waals surface area contributed by atoms with E-state index in [1.807, 2.05) is 29.2 Å². The number of piperazine rings is 1. The summed E-state index contributed by atoms with van der Waals surface area (Å²) in [5.41, 5.74) is 8.03. The summed E-state index contributed by atoms with van der Waals surface area (Å²) in [4.78, 5) is 32.5. The highest BCUT2D eigenvalue weighted by Crippen LogP contribution is 2.29. The van der Waals surface area contributed by atoms with E-state index < -0.39 is 18.1 Å². The first-order valence-electron chi connectivity index (χ1n) is 10.9. The number of carbonyl (C=O) groups excluding carboxylic acids is 2. The lowest BCUT2D eigenvalue weighted by Gasteiger charge is -2.30. The second-order valence-corrected chi connectivity index (χ2v) is 8.23. The molecule has 1 aromatic heterocycles. The Kier molecular flexibility index (Phi) is 5.55. The van der Waals surface area contributed by atoms with Gasteiger partial charge in [0, 0.05) is 38.0 Å². The smallest absolute Gasteiger partial charge is 0.414 e. The number of primary amides is 1. The first-order chi connectivity index (χ1) is 16.0. The van der Waals surface area contributed by atoms with Gasteiger partial charge in [0.05, 0.1) is 34.7 Å². The van der Waals surface area contributed by atoms with Gasteiger partial charge in [0.15, 0.2) is 0 Å². The van der Waals surface area contributed by atoms with Crippen LogP contribution in [0.15, 0.2) is 48.5 Å². The molecule has 2 fully saturated rings. The monoisotopic (exact) mass is 449 g/mol. The maximum atomic E-state index is 14.8. The topological polar surface area (TPSA) is 101 Å². The van der Waals surface area contributed by atoms with Gasteiger partial charge in [-0.2, -0.15) is 0 Å². The van der Waals surface area contributed by atoms with Crippen LogP contribution in [0.2, 0.25) is 0 Å². The molecular weight excluding hydrogens is 425 g/mol. The van der Waals surface area contributed by atoms with Gasteiger partial charge in [0.1, 0.15) is 11.9 Å². The summed E-state index contributed by atoms with van der Waals surface area (Å²) >= 11 is 0. The van der Waals surface area contributed by atoms with Crippen LogP contribution in [0.3, 0.4) is 0 Å². The minimum atomic E-state index is -0.588. The normalized spacial score (nSPS) is 18.6. The van der Waals surface area contributed by atoms with Crippen LogP contribution in [0.5, 0.6) is 0 Å². The molecule has 2 aromatic carbocycles. The number of fused-ring (bicyclic) bond motifs is 1. The largest absolute Gasteiger partial charge is 0.444 e. The van der Waals surface area contributed by atoms with Crippen LogP contribution >= 0.6 is 0 Å². The van der Waals surface area contributed by atoms with Gasteiger partial charge in [-0.15, -0.1) is 0 Å². The zero-order valence-electron chi connectivity index (χ0n) is 18.0. The van der Waals surface area contributed by atoms with E-state index in [0.29, 0.717) is 22.6 Å². The van der Waals surface area contributed by atoms with Gasteiger partial charge in [0.2, 0.25) is 0 Å². The lowest BCUT2D eigenvalue weighted by atomic mass is 10.0. The molecule has 0 bridgehead atoms. The lowest BCUT2D eigenvalue weighted by molar-refractivity contribution is 0.0998. The van der Waals surface area contributed by atoms with Crippen molar-refractivity contribution in [2.45, 2.75) is 12.5 Å². The molecule has 8 nitrogen and oxygen atoms in total. The fourth-order valence-corrected chi connectivity index (χ4v) is 4.40. The summed E-state index contributed by atoms with van der Waals surface area (Å²) < 4.78 is 20.4. The van der Waals surface area contributed by atoms with Gasteiger partial charge in [-0.3, -0.25) is 14.7 Å². The maximum Gasteiger partial charge on any atom is 0.414 e. The second-order valence-electron chi connectivity index (χ2n) is 8.23. The van der Waals surface area contributed by atoms with Crippen molar-refractivity contribution < 1.29 is 18.7 Å². The lowest BCUT2D eigenvalue weighted by Crippen LogP contribution is -2.43. The van der Waals surface area contributed by atoms with Crippen LogP contribution in [-0.2, 0) is 11.2 Å². The fraction of sp³-hybridized carbons (Fsp3) is 0.292. The van der Waals surface area contributed by atoms with Crippen molar-refractivity contribution in [3.05, 3.63) is 65.6 Å². The van der Waals surface area contributed by atoms with E-state index in [-0.39, 0.29) is 18.8 Å². The number of halogens is 1. The molecule has 1 atom stereocenters. The van der Waals surface area contributed by atoms with Crippen molar-refractivity contribution >= 4 is 34.3 Å². The van der Waals surface area contributed by atoms with Crippen LogP contribution in [0, 0.1) is 5.82 Å². The fourth-order valence-electron chi connectivity index (χ4n) is 4.40. The number of rotatable bonds is 5. The number of hydrogen-bond donors (Lipinski definition) is 2. The summed E-state index contributed by atoms with van der Waals surface area (Å²) in [7, 11) is 0. The van der Waals surface area contributed by atoms with E-state index in [2.05, 4.69) is 10.3 Å². The Morgan fingerprint density at radius 2 is 1.97 bits per heavy atom. The van der Waals surface area contributed by atoms with Crippen LogP contribution in [0.1, 0.15) is 16.1 Å². The van der Waals surface area contributed by atoms with Gasteiger partial charge in [-0.25, -0.2) is 9.18 Å². The van der Waals surface area contributed by atoms with Crippen LogP contribution < -0.4 is 20.9 Å². The summed E-state index contributed by atoms with van der Waals surface area (Å²) in [5.74, 6) is -0.965. The van der Waals surface area contributed by atoms with E-state index >= 15 is 0 Å². The molecule has 5 rings (SSSR count). The molecule has 2 amide bonds. The molecular formula is C24H24FN5O3. The maximum absolute atomic E-state index is 14.8. The zero-order chi connectivity index (χ0) is 22.9. The van der Waals surface area contributed by atoms with Gasteiger partial charge in [-0.05, 0) is 30.3 Å². The number of cyclic esters (lactones) is 1. The minimum absolute atomic E-state index is 0.220. The Morgan fingerprint density at radius 1 is 1.18 bits per heavy atom. The van der Waals surface area contributed by atoms with Gasteiger partial charge < -0.3 is 20.7 Å². The highest BCUT2D eigenvalue weighted by molar-refractivity contribution is 5.97. The molecule has 3 N–H and O–H groups in total. The minimum Gasteiger partial charge on any atom is -0.444 e. The first-order valence-corrected chi connectivity index (χ1v) is 10.9. The predicted octanol–water partition coefficient (Wildman–Crippen LogP) is 2.45. The van der Waals surface area contributed by atoms with Crippen molar-refractivity contribution in [2.75, 3.05) is 42.5 Å². The van der Waals surface area contributed by atoms with E-state index in [9.17, 15) is 14.0 Å². The number of nitrogens with one attached hydrogen (secondary N) is 1. The van der Waals surface area contributed by atoms with Gasteiger partial charge >= 0.3 is 6.09 Å². The number of pyridine rings is 1. The number of para-hydroxylation sites is 1. The molecule has 3 heterocycles. The number of ether oxygens (including phenoxy) is 1. The van der Waals surface area contributed by atoms with Crippen molar-refractivity contribution in [3.8, 4) is 0 Å². The van der Waals surface area contributed by atoms with E-state index in [1.165, 1.54) is 11.0 Å². The van der Waals surface area contributed by atoms with E-state index in [4.69, 9.17) is 10.5 Å². The van der Waals surface area contributed by atoms with Crippen molar-refractivity contribution in [3.63, 3.8) is 0 Å². The number of carbonyl (C=O) groups is 2. The third-order valence-electron chi connectivity index (χ3n) is 6.06. The number of anilines is 2. The molecule has 0 saturated carbocycles. The molecule has 33 heavy (non-hydrogen) atoms. The number of aromatic nitrogens is 1. The molecule has 9 heteroatoms. The number of nitrogens with zero attached hydrogens (tertiary/aromatic N) is 3. The summed E-state index contributed by atoms with van der Waals surface area (Å²) in [6.07, 6.45) is -0.872. The first kappa shape index (κ1) is 21.1. The Hall–Kier alpha value is -3.72. The molecule has 0 spiro atoms. The molecule has 3 aromatic rings. The number of hydrogen-bond acceptors (Lipinski definition) is 6. The summed E-state index contributed by atoms with van der Waals surface area (Å²) in [6, 6.07) is 13.9. The summed E-state index contributed by atoms with van der Waals surface area (Å²) in [6.45, 7) is 3.28. The Morgan fingerprint density at radius 3 is 2.73 bits per heavy atom. The Balaban J connectivity index is 1.35. The van der Waals surface area contributed by atoms with Crippen LogP contribution in [-0.4, -0.2) is 55.8 Å². The third kappa shape index (κ3) is 4.19. The Bertz CT molecular complexity index is 1230. The average molecular weight is 449 g/mol. The van der Waals surface area contributed by atoms with Crippen molar-refractivity contribution in [1.82, 2.24) is 10.3 Å². The summed E-state index contributed by atoms with van der Waals surface area (Å²) in [5, 5.41) is 4.05. The van der Waals surface area contributed by atoms with E-state index in [0.717, 1.165) is 37.1 Å². The molecule has 0 radical (unpaired) electrons. The quantitative estimate of drug-likeness (QED) is 0.621. The van der Waals surface area contributed by atoms with Gasteiger partial charge in [-0.1, -0.05) is 18.2 Å².